The van der Waals surface area contributed by atoms with Gasteiger partial charge in [0.05, 0.1) is 0 Å². The molecule has 2 heteroatoms. The van der Waals surface area contributed by atoms with Crippen LogP contribution in [0.15, 0.2) is 0 Å². The Bertz CT molecular complexity index is 248. The van der Waals surface area contributed by atoms with Crippen LogP contribution in [-0.2, 0) is 4.79 Å². The lowest BCUT2D eigenvalue weighted by Gasteiger charge is -2.37. The number of rotatable bonds is 3. The molecule has 2 aliphatic rings. The summed E-state index contributed by atoms with van der Waals surface area (Å²) in [5, 5.41) is 0. The highest BCUT2D eigenvalue weighted by atomic mass is 16.1. The molecule has 0 aromatic rings. The second-order valence-electron chi connectivity index (χ2n) is 6.10. The summed E-state index contributed by atoms with van der Waals surface area (Å²) in [6.07, 6.45) is 13.2. The molecule has 0 bridgehead atoms. The minimum atomic E-state index is -0.132. The minimum Gasteiger partial charge on any atom is -0.329 e. The number of ketones is 1. The lowest BCUT2D eigenvalue weighted by atomic mass is 9.67. The third kappa shape index (κ3) is 2.90. The van der Waals surface area contributed by atoms with Gasteiger partial charge in [-0.05, 0) is 25.7 Å². The first-order chi connectivity index (χ1) is 8.28. The van der Waals surface area contributed by atoms with E-state index in [4.69, 9.17) is 5.73 Å². The summed E-state index contributed by atoms with van der Waals surface area (Å²) in [6.45, 7) is 0.586. The summed E-state index contributed by atoms with van der Waals surface area (Å²) < 4.78 is 0. The Labute approximate surface area is 105 Å². The molecule has 2 N–H and O–H groups in total. The van der Waals surface area contributed by atoms with E-state index in [1.54, 1.807) is 0 Å². The van der Waals surface area contributed by atoms with Crippen LogP contribution in [-0.4, -0.2) is 12.3 Å². The first-order valence-corrected chi connectivity index (χ1v) is 7.53. The van der Waals surface area contributed by atoms with Gasteiger partial charge in [0, 0.05) is 17.9 Å². The van der Waals surface area contributed by atoms with Crippen LogP contribution < -0.4 is 5.73 Å². The molecular formula is C15H27NO. The van der Waals surface area contributed by atoms with E-state index in [0.717, 1.165) is 25.7 Å². The van der Waals surface area contributed by atoms with Gasteiger partial charge in [-0.25, -0.2) is 0 Å². The van der Waals surface area contributed by atoms with Gasteiger partial charge in [-0.1, -0.05) is 44.9 Å². The van der Waals surface area contributed by atoms with Crippen molar-refractivity contribution in [2.45, 2.75) is 70.6 Å². The van der Waals surface area contributed by atoms with E-state index in [9.17, 15) is 4.79 Å². The zero-order valence-electron chi connectivity index (χ0n) is 11.0. The van der Waals surface area contributed by atoms with Crippen LogP contribution in [0, 0.1) is 11.3 Å². The molecule has 0 saturated heterocycles. The second-order valence-corrected chi connectivity index (χ2v) is 6.10. The van der Waals surface area contributed by atoms with Crippen molar-refractivity contribution in [3.63, 3.8) is 0 Å². The fraction of sp³-hybridized carbons (Fsp3) is 0.933. The normalized spacial score (nSPS) is 26.4. The van der Waals surface area contributed by atoms with Gasteiger partial charge >= 0.3 is 0 Å². The standard InChI is InChI=1S/C15H27NO/c16-12-15(10-6-3-7-11-15)14(17)13-8-4-1-2-5-9-13/h13H,1-12,16H2. The zero-order valence-corrected chi connectivity index (χ0v) is 11.0. The maximum atomic E-state index is 12.8. The van der Waals surface area contributed by atoms with Gasteiger partial charge in [0.1, 0.15) is 5.78 Å². The van der Waals surface area contributed by atoms with Crippen molar-refractivity contribution in [2.24, 2.45) is 17.1 Å². The molecule has 0 unspecified atom stereocenters. The van der Waals surface area contributed by atoms with E-state index in [-0.39, 0.29) is 5.41 Å². The molecule has 98 valence electrons. The smallest absolute Gasteiger partial charge is 0.143 e. The molecule has 2 aliphatic carbocycles. The third-order valence-corrected chi connectivity index (χ3v) is 4.95. The molecular weight excluding hydrogens is 210 g/mol. The van der Waals surface area contributed by atoms with E-state index in [2.05, 4.69) is 0 Å². The first-order valence-electron chi connectivity index (χ1n) is 7.53. The van der Waals surface area contributed by atoms with E-state index in [1.807, 2.05) is 0 Å². The van der Waals surface area contributed by atoms with Gasteiger partial charge < -0.3 is 5.73 Å². The van der Waals surface area contributed by atoms with Gasteiger partial charge in [-0.2, -0.15) is 0 Å². The average Bonchev–Trinajstić information content (AvgIpc) is 2.67. The Kier molecular flexibility index (Phi) is 4.61. The Morgan fingerprint density at radius 2 is 1.47 bits per heavy atom. The minimum absolute atomic E-state index is 0.132. The number of hydrogen-bond acceptors (Lipinski definition) is 2. The average molecular weight is 237 g/mol. The second kappa shape index (κ2) is 5.99. The number of hydrogen-bond donors (Lipinski definition) is 1. The van der Waals surface area contributed by atoms with Crippen LogP contribution in [0.2, 0.25) is 0 Å². The highest BCUT2D eigenvalue weighted by Gasteiger charge is 2.41. The summed E-state index contributed by atoms with van der Waals surface area (Å²) in [4.78, 5) is 12.8. The van der Waals surface area contributed by atoms with Gasteiger partial charge in [-0.3, -0.25) is 4.79 Å². The van der Waals surface area contributed by atoms with E-state index >= 15 is 0 Å². The Hall–Kier alpha value is -0.370. The quantitative estimate of drug-likeness (QED) is 0.764. The van der Waals surface area contributed by atoms with Crippen molar-refractivity contribution in [1.82, 2.24) is 0 Å². The van der Waals surface area contributed by atoms with Crippen LogP contribution in [0.3, 0.4) is 0 Å². The van der Waals surface area contributed by atoms with Crippen LogP contribution in [0.4, 0.5) is 0 Å². The molecule has 0 spiro atoms. The zero-order chi connectivity index (χ0) is 12.1. The van der Waals surface area contributed by atoms with E-state index in [1.165, 1.54) is 44.9 Å². The summed E-state index contributed by atoms with van der Waals surface area (Å²) in [7, 11) is 0. The maximum Gasteiger partial charge on any atom is 0.143 e. The number of nitrogens with two attached hydrogens (primary N) is 1. The van der Waals surface area contributed by atoms with Crippen LogP contribution in [0.5, 0.6) is 0 Å². The third-order valence-electron chi connectivity index (χ3n) is 4.95. The van der Waals surface area contributed by atoms with Crippen molar-refractivity contribution in [3.05, 3.63) is 0 Å². The van der Waals surface area contributed by atoms with Crippen LogP contribution in [0.25, 0.3) is 0 Å². The fourth-order valence-electron chi connectivity index (χ4n) is 3.75. The molecule has 2 nitrogen and oxygen atoms in total. The number of carbonyl (C=O) groups excluding carboxylic acids is 1. The molecule has 0 amide bonds. The molecule has 2 fully saturated rings. The monoisotopic (exact) mass is 237 g/mol. The topological polar surface area (TPSA) is 43.1 Å². The van der Waals surface area contributed by atoms with Crippen LogP contribution in [0.1, 0.15) is 70.6 Å². The predicted molar refractivity (Wildman–Crippen MR) is 70.8 cm³/mol. The largest absolute Gasteiger partial charge is 0.329 e. The lowest BCUT2D eigenvalue weighted by molar-refractivity contribution is -0.134. The van der Waals surface area contributed by atoms with E-state index < -0.39 is 0 Å². The van der Waals surface area contributed by atoms with Crippen LogP contribution >= 0.6 is 0 Å². The molecule has 17 heavy (non-hydrogen) atoms. The van der Waals surface area contributed by atoms with E-state index in [0.29, 0.717) is 18.2 Å². The highest BCUT2D eigenvalue weighted by Crippen LogP contribution is 2.40. The summed E-state index contributed by atoms with van der Waals surface area (Å²) in [6, 6.07) is 0. The molecule has 0 heterocycles. The molecule has 0 aliphatic heterocycles. The van der Waals surface area contributed by atoms with Crippen molar-refractivity contribution < 1.29 is 4.79 Å². The maximum absolute atomic E-state index is 12.8. The van der Waals surface area contributed by atoms with Gasteiger partial charge in [0.15, 0.2) is 0 Å². The summed E-state index contributed by atoms with van der Waals surface area (Å²) in [5.74, 6) is 0.862. The predicted octanol–water partition coefficient (Wildman–Crippen LogP) is 3.44. The first kappa shape index (κ1) is 13.1. The fourth-order valence-corrected chi connectivity index (χ4v) is 3.75. The molecule has 0 aromatic carbocycles. The Balaban J connectivity index is 2.04. The number of Topliss-reactive ketones (excluding diaryl/α,β-unsaturated/α-hetero) is 1. The van der Waals surface area contributed by atoms with Gasteiger partial charge in [0.2, 0.25) is 0 Å². The summed E-state index contributed by atoms with van der Waals surface area (Å²) in [5.41, 5.74) is 5.83. The van der Waals surface area contributed by atoms with Crippen molar-refractivity contribution >= 4 is 5.78 Å². The van der Waals surface area contributed by atoms with Crippen molar-refractivity contribution in [1.29, 1.82) is 0 Å². The molecule has 2 saturated carbocycles. The van der Waals surface area contributed by atoms with Gasteiger partial charge in [-0.15, -0.1) is 0 Å². The number of carbonyl (C=O) groups is 1. The molecule has 0 atom stereocenters. The molecule has 0 radical (unpaired) electrons. The SMILES string of the molecule is NCC1(C(=O)C2CCCCCC2)CCCCC1. The molecule has 0 aromatic heterocycles. The summed E-state index contributed by atoms with van der Waals surface area (Å²) >= 11 is 0. The Morgan fingerprint density at radius 1 is 0.941 bits per heavy atom. The highest BCUT2D eigenvalue weighted by molar-refractivity contribution is 5.87. The van der Waals surface area contributed by atoms with Crippen molar-refractivity contribution in [3.8, 4) is 0 Å². The lowest BCUT2D eigenvalue weighted by Crippen LogP contribution is -2.43. The Morgan fingerprint density at radius 3 is 2.00 bits per heavy atom. The van der Waals surface area contributed by atoms with Gasteiger partial charge in [0.25, 0.3) is 0 Å². The molecule has 2 rings (SSSR count). The van der Waals surface area contributed by atoms with Crippen molar-refractivity contribution in [2.75, 3.05) is 6.54 Å².